The van der Waals surface area contributed by atoms with Crippen molar-refractivity contribution < 1.29 is 18.3 Å². The van der Waals surface area contributed by atoms with Gasteiger partial charge < -0.3 is 9.64 Å². The van der Waals surface area contributed by atoms with Crippen LogP contribution in [0.25, 0.3) is 5.69 Å². The number of rotatable bonds is 5. The highest BCUT2D eigenvalue weighted by Crippen LogP contribution is 2.21. The van der Waals surface area contributed by atoms with Crippen LogP contribution in [0.15, 0.2) is 48.5 Å². The van der Waals surface area contributed by atoms with Crippen LogP contribution < -0.4 is 9.64 Å². The maximum Gasteiger partial charge on any atom is 0.387 e. The van der Waals surface area contributed by atoms with Crippen molar-refractivity contribution >= 4 is 23.2 Å². The van der Waals surface area contributed by atoms with E-state index in [4.69, 9.17) is 11.6 Å². The van der Waals surface area contributed by atoms with Crippen molar-refractivity contribution in [3.05, 3.63) is 64.9 Å². The number of hydrogen-bond donors (Lipinski definition) is 0. The average molecular weight is 393 g/mol. The van der Waals surface area contributed by atoms with Crippen molar-refractivity contribution in [3.63, 3.8) is 0 Å². The number of hydrogen-bond acceptors (Lipinski definition) is 4. The van der Waals surface area contributed by atoms with Gasteiger partial charge in [0.25, 0.3) is 5.91 Å². The minimum Gasteiger partial charge on any atom is -0.435 e. The lowest BCUT2D eigenvalue weighted by Gasteiger charge is -2.16. The maximum atomic E-state index is 12.7. The van der Waals surface area contributed by atoms with Crippen molar-refractivity contribution in [2.24, 2.45) is 0 Å². The van der Waals surface area contributed by atoms with E-state index in [1.807, 2.05) is 0 Å². The third kappa shape index (κ3) is 4.06. The molecule has 1 amide bonds. The molecular weight excluding hydrogens is 378 g/mol. The third-order valence-corrected chi connectivity index (χ3v) is 4.17. The molecule has 0 aliphatic heterocycles. The van der Waals surface area contributed by atoms with Gasteiger partial charge in [0.2, 0.25) is 0 Å². The van der Waals surface area contributed by atoms with E-state index in [0.717, 1.165) is 0 Å². The summed E-state index contributed by atoms with van der Waals surface area (Å²) in [4.78, 5) is 14.2. The van der Waals surface area contributed by atoms with Crippen LogP contribution in [0, 0.1) is 6.92 Å². The second kappa shape index (κ2) is 7.71. The highest BCUT2D eigenvalue weighted by atomic mass is 35.5. The first-order chi connectivity index (χ1) is 12.9. The first kappa shape index (κ1) is 18.8. The number of anilines is 1. The standard InChI is InChI=1S/C18H15ClF2N4O2/c1-11-16(17(26)24(2)13-5-3-12(19)4-6-13)22-23-25(11)14-7-9-15(10-8-14)27-18(20)21/h3-10,18H,1-2H3. The molecular formula is C18H15ClF2N4O2. The van der Waals surface area contributed by atoms with Crippen LogP contribution in [-0.4, -0.2) is 34.6 Å². The summed E-state index contributed by atoms with van der Waals surface area (Å²) in [5, 5.41) is 8.54. The Morgan fingerprint density at radius 2 is 1.78 bits per heavy atom. The van der Waals surface area contributed by atoms with Crippen LogP contribution in [0.4, 0.5) is 14.5 Å². The normalized spacial score (nSPS) is 10.9. The number of ether oxygens (including phenoxy) is 1. The summed E-state index contributed by atoms with van der Waals surface area (Å²) in [6.45, 7) is -1.19. The zero-order valence-corrected chi connectivity index (χ0v) is 15.2. The van der Waals surface area contributed by atoms with E-state index in [0.29, 0.717) is 22.1 Å². The number of halogens is 3. The molecule has 0 saturated heterocycles. The topological polar surface area (TPSA) is 60.2 Å². The SMILES string of the molecule is Cc1c(C(=O)N(C)c2ccc(Cl)cc2)nnn1-c1ccc(OC(F)F)cc1. The van der Waals surface area contributed by atoms with Crippen LogP contribution in [-0.2, 0) is 0 Å². The molecule has 0 aliphatic carbocycles. The summed E-state index contributed by atoms with van der Waals surface area (Å²) in [6, 6.07) is 12.7. The summed E-state index contributed by atoms with van der Waals surface area (Å²) in [7, 11) is 1.63. The van der Waals surface area contributed by atoms with E-state index in [1.165, 1.54) is 21.7 Å². The molecule has 1 heterocycles. The second-order valence-corrected chi connectivity index (χ2v) is 6.08. The van der Waals surface area contributed by atoms with E-state index in [-0.39, 0.29) is 17.4 Å². The predicted molar refractivity (Wildman–Crippen MR) is 96.9 cm³/mol. The minimum atomic E-state index is -2.89. The fourth-order valence-corrected chi connectivity index (χ4v) is 2.61. The Kier molecular flexibility index (Phi) is 5.36. The third-order valence-electron chi connectivity index (χ3n) is 3.92. The van der Waals surface area contributed by atoms with E-state index < -0.39 is 6.61 Å². The zero-order chi connectivity index (χ0) is 19.6. The monoisotopic (exact) mass is 392 g/mol. The largest absolute Gasteiger partial charge is 0.435 e. The van der Waals surface area contributed by atoms with Gasteiger partial charge in [0, 0.05) is 17.8 Å². The van der Waals surface area contributed by atoms with Crippen molar-refractivity contribution in [1.29, 1.82) is 0 Å². The molecule has 1 aromatic heterocycles. The Morgan fingerprint density at radius 1 is 1.15 bits per heavy atom. The van der Waals surface area contributed by atoms with Crippen molar-refractivity contribution in [1.82, 2.24) is 15.0 Å². The molecule has 0 atom stereocenters. The molecule has 0 aliphatic rings. The molecule has 27 heavy (non-hydrogen) atoms. The van der Waals surface area contributed by atoms with Gasteiger partial charge in [-0.05, 0) is 55.5 Å². The van der Waals surface area contributed by atoms with Crippen LogP contribution in [0.5, 0.6) is 5.75 Å². The Morgan fingerprint density at radius 3 is 2.37 bits per heavy atom. The van der Waals surface area contributed by atoms with Gasteiger partial charge >= 0.3 is 6.61 Å². The molecule has 0 fully saturated rings. The number of amides is 1. The van der Waals surface area contributed by atoms with E-state index in [9.17, 15) is 13.6 Å². The lowest BCUT2D eigenvalue weighted by Crippen LogP contribution is -2.27. The van der Waals surface area contributed by atoms with Gasteiger partial charge in [0.15, 0.2) is 5.69 Å². The molecule has 9 heteroatoms. The van der Waals surface area contributed by atoms with Gasteiger partial charge in [-0.3, -0.25) is 4.79 Å². The van der Waals surface area contributed by atoms with Crippen LogP contribution in [0.2, 0.25) is 5.02 Å². The molecule has 0 bridgehead atoms. The predicted octanol–water partition coefficient (Wildman–Crippen LogP) is 4.11. The molecule has 2 aromatic carbocycles. The smallest absolute Gasteiger partial charge is 0.387 e. The van der Waals surface area contributed by atoms with Gasteiger partial charge in [0.1, 0.15) is 5.75 Å². The highest BCUT2D eigenvalue weighted by molar-refractivity contribution is 6.30. The molecule has 3 rings (SSSR count). The quantitative estimate of drug-likeness (QED) is 0.655. The number of alkyl halides is 2. The average Bonchev–Trinajstić information content (AvgIpc) is 3.03. The second-order valence-electron chi connectivity index (χ2n) is 5.65. The fraction of sp³-hybridized carbons (Fsp3) is 0.167. The molecule has 0 spiro atoms. The summed E-state index contributed by atoms with van der Waals surface area (Å²) in [5.74, 6) is -0.302. The first-order valence-corrected chi connectivity index (χ1v) is 8.26. The molecule has 0 radical (unpaired) electrons. The molecule has 0 saturated carbocycles. The van der Waals surface area contributed by atoms with E-state index in [2.05, 4.69) is 15.0 Å². The van der Waals surface area contributed by atoms with Gasteiger partial charge in [-0.15, -0.1) is 5.10 Å². The van der Waals surface area contributed by atoms with Crippen molar-refractivity contribution in [3.8, 4) is 11.4 Å². The fourth-order valence-electron chi connectivity index (χ4n) is 2.48. The molecule has 0 unspecified atom stereocenters. The summed E-state index contributed by atoms with van der Waals surface area (Å²) >= 11 is 5.87. The number of benzene rings is 2. The highest BCUT2D eigenvalue weighted by Gasteiger charge is 2.22. The summed E-state index contributed by atoms with van der Waals surface area (Å²) in [5.41, 5.74) is 1.92. The summed E-state index contributed by atoms with van der Waals surface area (Å²) < 4.78 is 30.2. The lowest BCUT2D eigenvalue weighted by atomic mass is 10.2. The Labute approximate surface area is 158 Å². The van der Waals surface area contributed by atoms with Gasteiger partial charge in [-0.2, -0.15) is 8.78 Å². The van der Waals surface area contributed by atoms with Gasteiger partial charge in [-0.1, -0.05) is 16.8 Å². The summed E-state index contributed by atoms with van der Waals surface area (Å²) in [6.07, 6.45) is 0. The molecule has 3 aromatic rings. The van der Waals surface area contributed by atoms with Crippen LogP contribution >= 0.6 is 11.6 Å². The van der Waals surface area contributed by atoms with Gasteiger partial charge in [-0.25, -0.2) is 4.68 Å². The zero-order valence-electron chi connectivity index (χ0n) is 14.4. The lowest BCUT2D eigenvalue weighted by molar-refractivity contribution is -0.0498. The molecule has 0 N–H and O–H groups in total. The Hall–Kier alpha value is -3.00. The van der Waals surface area contributed by atoms with E-state index in [1.54, 1.807) is 50.4 Å². The van der Waals surface area contributed by atoms with Crippen LogP contribution in [0.1, 0.15) is 16.2 Å². The van der Waals surface area contributed by atoms with Crippen LogP contribution in [0.3, 0.4) is 0 Å². The van der Waals surface area contributed by atoms with Crippen molar-refractivity contribution in [2.45, 2.75) is 13.5 Å². The molecule has 140 valence electrons. The first-order valence-electron chi connectivity index (χ1n) is 7.88. The number of nitrogens with zero attached hydrogens (tertiary/aromatic N) is 4. The van der Waals surface area contributed by atoms with Crippen molar-refractivity contribution in [2.75, 3.05) is 11.9 Å². The Bertz CT molecular complexity index is 943. The number of aromatic nitrogens is 3. The van der Waals surface area contributed by atoms with Gasteiger partial charge in [0.05, 0.1) is 11.4 Å². The maximum absolute atomic E-state index is 12.7. The Balaban J connectivity index is 1.84. The molecule has 6 nitrogen and oxygen atoms in total. The number of carbonyl (C=O) groups is 1. The number of carbonyl (C=O) groups excluding carboxylic acids is 1. The van der Waals surface area contributed by atoms with E-state index >= 15 is 0 Å². The minimum absolute atomic E-state index is 0.0327.